The number of rotatable bonds is 13. The van der Waals surface area contributed by atoms with Gasteiger partial charge in [-0.2, -0.15) is 0 Å². The zero-order valence-electron chi connectivity index (χ0n) is 27.0. The Kier molecular flexibility index (Phi) is 11.4. The monoisotopic (exact) mass is 646 g/mol. The Morgan fingerprint density at radius 2 is 1.52 bits per heavy atom. The van der Waals surface area contributed by atoms with Crippen molar-refractivity contribution in [2.45, 2.75) is 44.4 Å². The number of amides is 2. The highest BCUT2D eigenvalue weighted by atomic mass is 16.7. The summed E-state index contributed by atoms with van der Waals surface area (Å²) in [6, 6.07) is 35.9. The quantitative estimate of drug-likeness (QED) is 0.145. The van der Waals surface area contributed by atoms with Gasteiger partial charge in [0.05, 0.1) is 11.7 Å². The lowest BCUT2D eigenvalue weighted by molar-refractivity contribution is -0.116. The molecular formula is C39H42N4O5. The van der Waals surface area contributed by atoms with Crippen molar-refractivity contribution in [1.82, 2.24) is 10.2 Å². The summed E-state index contributed by atoms with van der Waals surface area (Å²) in [5.41, 5.74) is 5.78. The second kappa shape index (κ2) is 16.6. The summed E-state index contributed by atoms with van der Waals surface area (Å²) in [5.74, 6) is 0.773. The molecule has 1 fully saturated rings. The number of ether oxygens (including phenoxy) is 3. The van der Waals surface area contributed by atoms with Crippen molar-refractivity contribution in [3.8, 4) is 11.1 Å². The van der Waals surface area contributed by atoms with Crippen molar-refractivity contribution >= 4 is 23.4 Å². The van der Waals surface area contributed by atoms with E-state index in [0.717, 1.165) is 66.2 Å². The number of benzene rings is 4. The van der Waals surface area contributed by atoms with Gasteiger partial charge in [0, 0.05) is 43.9 Å². The van der Waals surface area contributed by atoms with Crippen LogP contribution in [0.4, 0.5) is 16.2 Å². The largest absolute Gasteiger partial charge is 0.462 e. The minimum absolute atomic E-state index is 0.00881. The van der Waals surface area contributed by atoms with E-state index < -0.39 is 6.09 Å². The van der Waals surface area contributed by atoms with Gasteiger partial charge in [-0.1, -0.05) is 91.0 Å². The van der Waals surface area contributed by atoms with Gasteiger partial charge < -0.3 is 29.7 Å². The first kappa shape index (κ1) is 32.8. The Morgan fingerprint density at radius 1 is 0.812 bits per heavy atom. The van der Waals surface area contributed by atoms with Crippen LogP contribution < -0.4 is 16.0 Å². The predicted octanol–water partition coefficient (Wildman–Crippen LogP) is 6.94. The maximum atomic E-state index is 12.7. The molecule has 2 aliphatic rings. The molecule has 1 saturated heterocycles. The third-order valence-electron chi connectivity index (χ3n) is 8.62. The molecule has 3 N–H and O–H groups in total. The Balaban J connectivity index is 0.895. The van der Waals surface area contributed by atoms with E-state index in [4.69, 9.17) is 14.2 Å². The van der Waals surface area contributed by atoms with Gasteiger partial charge >= 0.3 is 6.09 Å². The molecule has 0 bridgehead atoms. The lowest BCUT2D eigenvalue weighted by Crippen LogP contribution is -2.39. The molecule has 1 unspecified atom stereocenters. The number of para-hydroxylation sites is 1. The number of carbonyl (C=O) groups excluding carboxylic acids is 2. The molecule has 0 aromatic heterocycles. The first-order chi connectivity index (χ1) is 23.6. The van der Waals surface area contributed by atoms with Crippen LogP contribution in [0.3, 0.4) is 0 Å². The van der Waals surface area contributed by atoms with E-state index in [1.807, 2.05) is 97.1 Å². The number of piperidine rings is 1. The van der Waals surface area contributed by atoms with Crippen molar-refractivity contribution in [3.05, 3.63) is 132 Å². The molecule has 2 amide bonds. The molecule has 0 radical (unpaired) electrons. The van der Waals surface area contributed by atoms with Gasteiger partial charge in [0.1, 0.15) is 12.4 Å². The molecule has 248 valence electrons. The third-order valence-corrected chi connectivity index (χ3v) is 8.62. The van der Waals surface area contributed by atoms with Gasteiger partial charge in [-0.25, -0.2) is 4.79 Å². The fourth-order valence-electron chi connectivity index (χ4n) is 5.99. The Hall–Kier alpha value is -5.12. The highest BCUT2D eigenvalue weighted by Gasteiger charge is 2.23. The molecule has 6 rings (SSSR count). The van der Waals surface area contributed by atoms with E-state index in [0.29, 0.717) is 19.5 Å². The number of carbonyl (C=O) groups is 2. The van der Waals surface area contributed by atoms with Crippen molar-refractivity contribution in [1.29, 1.82) is 0 Å². The summed E-state index contributed by atoms with van der Waals surface area (Å²) in [7, 11) is 0. The van der Waals surface area contributed by atoms with Gasteiger partial charge in [0.25, 0.3) is 0 Å². The SMILES string of the molecule is O=C(CCN1CCC(OC(=O)Nc2ccccc2-c2ccccc2)CC1)Nc1ccc(CNC(Cc2ccccc2)C2=COCO2)cc1. The molecule has 0 aliphatic carbocycles. The van der Waals surface area contributed by atoms with Crippen LogP contribution in [-0.4, -0.2) is 55.5 Å². The van der Waals surface area contributed by atoms with Gasteiger partial charge in [0.15, 0.2) is 5.76 Å². The molecule has 2 aliphatic heterocycles. The van der Waals surface area contributed by atoms with E-state index in [-0.39, 0.29) is 24.8 Å². The summed E-state index contributed by atoms with van der Waals surface area (Å²) >= 11 is 0. The van der Waals surface area contributed by atoms with Gasteiger partial charge in [0.2, 0.25) is 12.7 Å². The van der Waals surface area contributed by atoms with Crippen molar-refractivity contribution in [3.63, 3.8) is 0 Å². The van der Waals surface area contributed by atoms with Crippen molar-refractivity contribution < 1.29 is 23.8 Å². The highest BCUT2D eigenvalue weighted by Crippen LogP contribution is 2.28. The Morgan fingerprint density at radius 3 is 2.25 bits per heavy atom. The molecule has 9 heteroatoms. The van der Waals surface area contributed by atoms with Crippen LogP contribution in [-0.2, 0) is 32.0 Å². The van der Waals surface area contributed by atoms with E-state index in [9.17, 15) is 9.59 Å². The second-order valence-corrected chi connectivity index (χ2v) is 12.1. The number of nitrogens with one attached hydrogen (secondary N) is 3. The minimum atomic E-state index is -0.445. The molecule has 48 heavy (non-hydrogen) atoms. The highest BCUT2D eigenvalue weighted by molar-refractivity contribution is 5.92. The van der Waals surface area contributed by atoms with Crippen molar-refractivity contribution in [2.24, 2.45) is 0 Å². The summed E-state index contributed by atoms with van der Waals surface area (Å²) in [6.45, 7) is 3.09. The Bertz CT molecular complexity index is 1660. The van der Waals surface area contributed by atoms with Crippen LogP contribution in [0.15, 0.2) is 121 Å². The van der Waals surface area contributed by atoms with E-state index >= 15 is 0 Å². The standard InChI is InChI=1S/C39H42N4O5/c44-38(41-32-17-15-30(16-18-32)26-40-36(37-27-46-28-47-37)25-29-9-3-1-4-10-29)21-24-43-22-19-33(20-23-43)48-39(45)42-35-14-8-7-13-34(35)31-11-5-2-6-12-31/h1-18,27,33,36,40H,19-26,28H2,(H,41,44)(H,42,45). The van der Waals surface area contributed by atoms with Gasteiger partial charge in [-0.05, 0) is 54.2 Å². The fourth-order valence-corrected chi connectivity index (χ4v) is 5.99. The molecule has 0 saturated carbocycles. The average molecular weight is 647 g/mol. The van der Waals surface area contributed by atoms with Gasteiger partial charge in [-0.15, -0.1) is 0 Å². The minimum Gasteiger partial charge on any atom is -0.462 e. The van der Waals surface area contributed by atoms with Crippen LogP contribution in [0.2, 0.25) is 0 Å². The maximum absolute atomic E-state index is 12.7. The summed E-state index contributed by atoms with van der Waals surface area (Å²) in [5, 5.41) is 9.52. The van der Waals surface area contributed by atoms with Crippen molar-refractivity contribution in [2.75, 3.05) is 37.1 Å². The summed E-state index contributed by atoms with van der Waals surface area (Å²) in [4.78, 5) is 27.7. The summed E-state index contributed by atoms with van der Waals surface area (Å²) in [6.07, 6.45) is 3.72. The third kappa shape index (κ3) is 9.47. The predicted molar refractivity (Wildman–Crippen MR) is 187 cm³/mol. The van der Waals surface area contributed by atoms with E-state index in [1.54, 1.807) is 6.26 Å². The molecule has 0 spiro atoms. The van der Waals surface area contributed by atoms with Crippen LogP contribution in [0, 0.1) is 0 Å². The zero-order valence-corrected chi connectivity index (χ0v) is 27.0. The average Bonchev–Trinajstić information content (AvgIpc) is 3.67. The molecule has 1 atom stereocenters. The number of hydrogen-bond acceptors (Lipinski definition) is 7. The normalized spacial score (nSPS) is 15.5. The summed E-state index contributed by atoms with van der Waals surface area (Å²) < 4.78 is 16.7. The Labute approximate surface area is 281 Å². The fraction of sp³-hybridized carbons (Fsp3) is 0.282. The number of likely N-dealkylation sites (tertiary alicyclic amines) is 1. The van der Waals surface area contributed by atoms with Crippen LogP contribution in [0.5, 0.6) is 0 Å². The van der Waals surface area contributed by atoms with E-state index in [1.165, 1.54) is 5.56 Å². The number of hydrogen-bond donors (Lipinski definition) is 3. The van der Waals surface area contributed by atoms with Crippen LogP contribution >= 0.6 is 0 Å². The molecule has 4 aromatic carbocycles. The second-order valence-electron chi connectivity index (χ2n) is 12.1. The smallest absolute Gasteiger partial charge is 0.411 e. The first-order valence-electron chi connectivity index (χ1n) is 16.5. The lowest BCUT2D eigenvalue weighted by atomic mass is 10.0. The molecule has 2 heterocycles. The van der Waals surface area contributed by atoms with Crippen LogP contribution in [0.25, 0.3) is 11.1 Å². The number of anilines is 2. The number of nitrogens with zero attached hydrogens (tertiary/aromatic N) is 1. The molecule has 4 aromatic rings. The first-order valence-corrected chi connectivity index (χ1v) is 16.5. The topological polar surface area (TPSA) is 101 Å². The maximum Gasteiger partial charge on any atom is 0.411 e. The molecular weight excluding hydrogens is 604 g/mol. The zero-order chi connectivity index (χ0) is 33.0. The van der Waals surface area contributed by atoms with E-state index in [2.05, 4.69) is 33.0 Å². The molecule has 9 nitrogen and oxygen atoms in total. The van der Waals surface area contributed by atoms with Crippen LogP contribution in [0.1, 0.15) is 30.4 Å². The van der Waals surface area contributed by atoms with Gasteiger partial charge in [-0.3, -0.25) is 10.1 Å². The lowest BCUT2D eigenvalue weighted by Gasteiger charge is -2.31.